The first-order valence-corrected chi connectivity index (χ1v) is 7.60. The van der Waals surface area contributed by atoms with E-state index in [1.165, 1.54) is 17.4 Å². The molecule has 2 aromatic rings. The van der Waals surface area contributed by atoms with E-state index in [4.69, 9.17) is 5.14 Å². The van der Waals surface area contributed by atoms with Crippen LogP contribution in [0.1, 0.15) is 6.42 Å². The Morgan fingerprint density at radius 1 is 1.45 bits per heavy atom. The summed E-state index contributed by atoms with van der Waals surface area (Å²) in [5.74, 6) is -0.283. The van der Waals surface area contributed by atoms with Crippen LogP contribution in [0.3, 0.4) is 0 Å². The quantitative estimate of drug-likeness (QED) is 0.745. The molecule has 0 spiro atoms. The SMILES string of the molecule is NS(=O)(=O)CC1CC(=O)N(c2ncnc3[nH]ncc23)C1. The molecule has 1 amide bonds. The fourth-order valence-corrected chi connectivity index (χ4v) is 3.27. The van der Waals surface area contributed by atoms with E-state index in [1.807, 2.05) is 0 Å². The number of amides is 1. The summed E-state index contributed by atoms with van der Waals surface area (Å²) >= 11 is 0. The molecule has 0 aliphatic carbocycles. The van der Waals surface area contributed by atoms with Crippen LogP contribution < -0.4 is 10.0 Å². The highest BCUT2D eigenvalue weighted by Gasteiger charge is 2.34. The molecular formula is C10H12N6O3S. The van der Waals surface area contributed by atoms with Crippen molar-refractivity contribution in [2.24, 2.45) is 11.1 Å². The minimum absolute atomic E-state index is 0.139. The van der Waals surface area contributed by atoms with Crippen molar-refractivity contribution in [1.82, 2.24) is 20.2 Å². The summed E-state index contributed by atoms with van der Waals surface area (Å²) in [6.45, 7) is 0.270. The number of fused-ring (bicyclic) bond motifs is 1. The highest BCUT2D eigenvalue weighted by Crippen LogP contribution is 2.28. The standard InChI is InChI=1S/C10H12N6O3S/c11-20(18,19)4-6-1-8(17)16(3-6)10-7-2-14-15-9(7)12-5-13-10/h2,5-6H,1,3-4H2,(H2,11,18,19)(H,12,13,14,15). The molecule has 3 heterocycles. The number of nitrogens with two attached hydrogens (primary N) is 1. The molecule has 3 N–H and O–H groups in total. The second kappa shape index (κ2) is 4.49. The van der Waals surface area contributed by atoms with Gasteiger partial charge in [0, 0.05) is 18.9 Å². The Kier molecular flexibility index (Phi) is 2.91. The smallest absolute Gasteiger partial charge is 0.228 e. The fourth-order valence-electron chi connectivity index (χ4n) is 2.39. The van der Waals surface area contributed by atoms with Gasteiger partial charge in [0.05, 0.1) is 17.3 Å². The lowest BCUT2D eigenvalue weighted by Crippen LogP contribution is -2.28. The summed E-state index contributed by atoms with van der Waals surface area (Å²) in [4.78, 5) is 21.6. The topological polar surface area (TPSA) is 135 Å². The summed E-state index contributed by atoms with van der Waals surface area (Å²) in [5, 5.41) is 12.2. The van der Waals surface area contributed by atoms with Gasteiger partial charge in [-0.2, -0.15) is 5.10 Å². The number of anilines is 1. The lowest BCUT2D eigenvalue weighted by molar-refractivity contribution is -0.117. The van der Waals surface area contributed by atoms with Gasteiger partial charge in [-0.15, -0.1) is 0 Å². The van der Waals surface area contributed by atoms with Crippen molar-refractivity contribution < 1.29 is 13.2 Å². The Labute approximate surface area is 114 Å². The van der Waals surface area contributed by atoms with E-state index in [0.29, 0.717) is 16.9 Å². The molecule has 9 nitrogen and oxygen atoms in total. The lowest BCUT2D eigenvalue weighted by atomic mass is 10.1. The number of hydrogen-bond acceptors (Lipinski definition) is 6. The molecule has 0 radical (unpaired) electrons. The van der Waals surface area contributed by atoms with Gasteiger partial charge >= 0.3 is 0 Å². The molecule has 1 aliphatic rings. The van der Waals surface area contributed by atoms with Crippen molar-refractivity contribution in [1.29, 1.82) is 0 Å². The number of hydrogen-bond donors (Lipinski definition) is 2. The van der Waals surface area contributed by atoms with E-state index in [2.05, 4.69) is 20.2 Å². The van der Waals surface area contributed by atoms with Crippen LogP contribution in [0.2, 0.25) is 0 Å². The summed E-state index contributed by atoms with van der Waals surface area (Å²) < 4.78 is 22.2. The van der Waals surface area contributed by atoms with Crippen molar-refractivity contribution in [3.8, 4) is 0 Å². The van der Waals surface area contributed by atoms with Crippen LogP contribution in [0.15, 0.2) is 12.5 Å². The first kappa shape index (κ1) is 12.9. The van der Waals surface area contributed by atoms with E-state index in [0.717, 1.165) is 0 Å². The largest absolute Gasteiger partial charge is 0.296 e. The predicted octanol–water partition coefficient (Wildman–Crippen LogP) is -1.01. The number of carbonyl (C=O) groups excluding carboxylic acids is 1. The van der Waals surface area contributed by atoms with Gasteiger partial charge in [-0.25, -0.2) is 23.5 Å². The molecule has 20 heavy (non-hydrogen) atoms. The monoisotopic (exact) mass is 296 g/mol. The number of carbonyl (C=O) groups is 1. The van der Waals surface area contributed by atoms with E-state index in [-0.39, 0.29) is 30.5 Å². The molecule has 1 atom stereocenters. The van der Waals surface area contributed by atoms with Crippen LogP contribution >= 0.6 is 0 Å². The zero-order valence-corrected chi connectivity index (χ0v) is 11.2. The third-order valence-corrected chi connectivity index (χ3v) is 4.09. The van der Waals surface area contributed by atoms with Crippen LogP contribution in [0.25, 0.3) is 11.0 Å². The molecular weight excluding hydrogens is 284 g/mol. The van der Waals surface area contributed by atoms with Gasteiger partial charge in [0.15, 0.2) is 5.65 Å². The molecule has 1 aliphatic heterocycles. The summed E-state index contributed by atoms with van der Waals surface area (Å²) in [7, 11) is -3.60. The van der Waals surface area contributed by atoms with Crippen molar-refractivity contribution in [3.05, 3.63) is 12.5 Å². The van der Waals surface area contributed by atoms with Crippen LogP contribution in [0.5, 0.6) is 0 Å². The Bertz CT molecular complexity index is 770. The van der Waals surface area contributed by atoms with Gasteiger partial charge < -0.3 is 0 Å². The van der Waals surface area contributed by atoms with Gasteiger partial charge in [-0.05, 0) is 0 Å². The normalized spacial score (nSPS) is 19.9. The van der Waals surface area contributed by atoms with Crippen LogP contribution in [-0.2, 0) is 14.8 Å². The number of primary sulfonamides is 1. The number of rotatable bonds is 3. The van der Waals surface area contributed by atoms with E-state index < -0.39 is 10.0 Å². The summed E-state index contributed by atoms with van der Waals surface area (Å²) in [5.41, 5.74) is 0.526. The number of sulfonamides is 1. The highest BCUT2D eigenvalue weighted by atomic mass is 32.2. The highest BCUT2D eigenvalue weighted by molar-refractivity contribution is 7.89. The van der Waals surface area contributed by atoms with Crippen molar-refractivity contribution >= 4 is 32.8 Å². The summed E-state index contributed by atoms with van der Waals surface area (Å²) in [6.07, 6.45) is 3.00. The maximum absolute atomic E-state index is 12.0. The Morgan fingerprint density at radius 2 is 2.25 bits per heavy atom. The van der Waals surface area contributed by atoms with Gasteiger partial charge in [0.25, 0.3) is 0 Å². The molecule has 1 saturated heterocycles. The maximum Gasteiger partial charge on any atom is 0.228 e. The van der Waals surface area contributed by atoms with Crippen molar-refractivity contribution in [3.63, 3.8) is 0 Å². The molecule has 1 fully saturated rings. The lowest BCUT2D eigenvalue weighted by Gasteiger charge is -2.15. The molecule has 3 rings (SSSR count). The number of aromatic amines is 1. The molecule has 0 saturated carbocycles. The van der Waals surface area contributed by atoms with Crippen LogP contribution in [-0.4, -0.2) is 46.8 Å². The average molecular weight is 296 g/mol. The molecule has 106 valence electrons. The Balaban J connectivity index is 1.91. The average Bonchev–Trinajstić information content (AvgIpc) is 2.93. The first-order valence-electron chi connectivity index (χ1n) is 5.89. The number of H-pyrrole nitrogens is 1. The van der Waals surface area contributed by atoms with E-state index >= 15 is 0 Å². The van der Waals surface area contributed by atoms with Gasteiger partial charge in [0.2, 0.25) is 15.9 Å². The Morgan fingerprint density at radius 3 is 3.00 bits per heavy atom. The maximum atomic E-state index is 12.0. The predicted molar refractivity (Wildman–Crippen MR) is 70.1 cm³/mol. The molecule has 10 heteroatoms. The minimum atomic E-state index is -3.60. The number of aromatic nitrogens is 4. The van der Waals surface area contributed by atoms with Gasteiger partial charge in [-0.1, -0.05) is 0 Å². The number of nitrogens with one attached hydrogen (secondary N) is 1. The third-order valence-electron chi connectivity index (χ3n) is 3.16. The fraction of sp³-hybridized carbons (Fsp3) is 0.400. The zero-order chi connectivity index (χ0) is 14.3. The van der Waals surface area contributed by atoms with Crippen molar-refractivity contribution in [2.75, 3.05) is 17.2 Å². The molecule has 0 bridgehead atoms. The summed E-state index contributed by atoms with van der Waals surface area (Å²) in [6, 6.07) is 0. The van der Waals surface area contributed by atoms with Gasteiger partial charge in [-0.3, -0.25) is 14.8 Å². The molecule has 2 aromatic heterocycles. The number of nitrogens with zero attached hydrogens (tertiary/aromatic N) is 4. The zero-order valence-electron chi connectivity index (χ0n) is 10.4. The minimum Gasteiger partial charge on any atom is -0.296 e. The van der Waals surface area contributed by atoms with E-state index in [9.17, 15) is 13.2 Å². The Hall–Kier alpha value is -2.07. The molecule has 1 unspecified atom stereocenters. The molecule has 0 aromatic carbocycles. The van der Waals surface area contributed by atoms with Crippen molar-refractivity contribution in [2.45, 2.75) is 6.42 Å². The first-order chi connectivity index (χ1) is 9.44. The van der Waals surface area contributed by atoms with Crippen LogP contribution in [0.4, 0.5) is 5.82 Å². The van der Waals surface area contributed by atoms with Gasteiger partial charge in [0.1, 0.15) is 12.1 Å². The third kappa shape index (κ3) is 2.34. The van der Waals surface area contributed by atoms with E-state index in [1.54, 1.807) is 0 Å². The van der Waals surface area contributed by atoms with Crippen LogP contribution in [0, 0.1) is 5.92 Å². The second-order valence-electron chi connectivity index (χ2n) is 4.73. The second-order valence-corrected chi connectivity index (χ2v) is 6.39.